The van der Waals surface area contributed by atoms with Crippen LogP contribution in [0.2, 0.25) is 0 Å². The van der Waals surface area contributed by atoms with Gasteiger partial charge in [-0.1, -0.05) is 16.4 Å². The molecule has 0 aromatic heterocycles. The Labute approximate surface area is 92.9 Å². The summed E-state index contributed by atoms with van der Waals surface area (Å²) in [5.41, 5.74) is 5.97. The first-order valence-corrected chi connectivity index (χ1v) is 5.42. The summed E-state index contributed by atoms with van der Waals surface area (Å²) in [4.78, 5) is 0. The quantitative estimate of drug-likeness (QED) is 0.514. The van der Waals surface area contributed by atoms with Crippen LogP contribution in [0.15, 0.2) is 22.4 Å². The number of oxime groups is 2. The molecule has 3 rings (SSSR count). The zero-order valence-corrected chi connectivity index (χ0v) is 8.77. The summed E-state index contributed by atoms with van der Waals surface area (Å²) in [5, 5.41) is 24.4. The molecular weight excluding hydrogens is 204 g/mol. The number of benzene rings is 1. The summed E-state index contributed by atoms with van der Waals surface area (Å²) in [6.07, 6.45) is 3.46. The smallest absolute Gasteiger partial charge is 0.0874 e. The average molecular weight is 216 g/mol. The molecule has 0 unspecified atom stereocenters. The van der Waals surface area contributed by atoms with Crippen LogP contribution in [0, 0.1) is 0 Å². The zero-order valence-electron chi connectivity index (χ0n) is 8.77. The lowest BCUT2D eigenvalue weighted by Crippen LogP contribution is -1.99. The van der Waals surface area contributed by atoms with Gasteiger partial charge in [0.25, 0.3) is 0 Å². The van der Waals surface area contributed by atoms with Gasteiger partial charge >= 0.3 is 0 Å². The number of rotatable bonds is 0. The van der Waals surface area contributed by atoms with E-state index in [0.717, 1.165) is 48.2 Å². The van der Waals surface area contributed by atoms with E-state index in [1.54, 1.807) is 0 Å². The van der Waals surface area contributed by atoms with Crippen LogP contribution in [0.25, 0.3) is 0 Å². The van der Waals surface area contributed by atoms with E-state index >= 15 is 0 Å². The molecule has 4 heteroatoms. The lowest BCUT2D eigenvalue weighted by atomic mass is 10.0. The number of hydrogen-bond acceptors (Lipinski definition) is 4. The molecule has 2 N–H and O–H groups in total. The van der Waals surface area contributed by atoms with Gasteiger partial charge in [-0.25, -0.2) is 0 Å². The first-order chi connectivity index (χ1) is 7.83. The van der Waals surface area contributed by atoms with E-state index in [2.05, 4.69) is 16.4 Å². The minimum atomic E-state index is 0.738. The summed E-state index contributed by atoms with van der Waals surface area (Å²) in [6.45, 7) is 0. The van der Waals surface area contributed by atoms with Gasteiger partial charge in [-0.2, -0.15) is 0 Å². The number of nitrogens with zero attached hydrogens (tertiary/aromatic N) is 2. The van der Waals surface area contributed by atoms with Crippen LogP contribution in [0.3, 0.4) is 0 Å². The number of aryl methyl sites for hydroxylation is 2. The number of hydrogen-bond donors (Lipinski definition) is 2. The highest BCUT2D eigenvalue weighted by atomic mass is 16.4. The highest BCUT2D eigenvalue weighted by Gasteiger charge is 2.25. The lowest BCUT2D eigenvalue weighted by molar-refractivity contribution is 0.318. The summed E-state index contributed by atoms with van der Waals surface area (Å²) in [6, 6.07) is 4.15. The van der Waals surface area contributed by atoms with Crippen molar-refractivity contribution in [3.63, 3.8) is 0 Å². The lowest BCUT2D eigenvalue weighted by Gasteiger charge is -2.04. The van der Waals surface area contributed by atoms with Crippen molar-refractivity contribution in [1.82, 2.24) is 0 Å². The molecule has 0 aliphatic heterocycles. The maximum atomic E-state index is 8.89. The molecule has 82 valence electrons. The second-order valence-electron chi connectivity index (χ2n) is 4.26. The van der Waals surface area contributed by atoms with Crippen molar-refractivity contribution in [2.45, 2.75) is 25.7 Å². The van der Waals surface area contributed by atoms with Gasteiger partial charge in [0, 0.05) is 11.1 Å². The first-order valence-electron chi connectivity index (χ1n) is 5.42. The Morgan fingerprint density at radius 1 is 0.750 bits per heavy atom. The van der Waals surface area contributed by atoms with Crippen LogP contribution in [-0.2, 0) is 12.8 Å². The minimum absolute atomic E-state index is 0.738. The topological polar surface area (TPSA) is 65.2 Å². The van der Waals surface area contributed by atoms with Gasteiger partial charge in [-0.05, 0) is 42.9 Å². The third kappa shape index (κ3) is 1.16. The molecule has 1 aromatic rings. The zero-order chi connectivity index (χ0) is 11.1. The normalized spacial score (nSPS) is 22.8. The van der Waals surface area contributed by atoms with E-state index in [4.69, 9.17) is 10.4 Å². The Morgan fingerprint density at radius 3 is 1.69 bits per heavy atom. The average Bonchev–Trinajstić information content (AvgIpc) is 2.88. The Hall–Kier alpha value is -1.84. The van der Waals surface area contributed by atoms with Crippen molar-refractivity contribution in [2.24, 2.45) is 10.3 Å². The SMILES string of the molecule is O/N=C1/CCc2cc3c(cc21)/C(=N/O)CC3. The van der Waals surface area contributed by atoms with Crippen molar-refractivity contribution in [2.75, 3.05) is 0 Å². The van der Waals surface area contributed by atoms with E-state index in [1.165, 1.54) is 11.1 Å². The fourth-order valence-electron chi connectivity index (χ4n) is 2.63. The third-order valence-corrected chi connectivity index (χ3v) is 3.45. The monoisotopic (exact) mass is 216 g/mol. The van der Waals surface area contributed by atoms with Crippen LogP contribution in [-0.4, -0.2) is 21.8 Å². The molecule has 2 aliphatic carbocycles. The van der Waals surface area contributed by atoms with Gasteiger partial charge in [0.2, 0.25) is 0 Å². The maximum absolute atomic E-state index is 8.89. The van der Waals surface area contributed by atoms with Crippen LogP contribution < -0.4 is 0 Å². The fraction of sp³-hybridized carbons (Fsp3) is 0.333. The maximum Gasteiger partial charge on any atom is 0.0874 e. The molecule has 16 heavy (non-hydrogen) atoms. The van der Waals surface area contributed by atoms with Gasteiger partial charge in [0.05, 0.1) is 11.4 Å². The van der Waals surface area contributed by atoms with Gasteiger partial charge in [0.1, 0.15) is 0 Å². The highest BCUT2D eigenvalue weighted by molar-refractivity contribution is 6.09. The Morgan fingerprint density at radius 2 is 1.25 bits per heavy atom. The van der Waals surface area contributed by atoms with E-state index in [0.29, 0.717) is 0 Å². The van der Waals surface area contributed by atoms with Crippen molar-refractivity contribution < 1.29 is 10.4 Å². The molecule has 0 fully saturated rings. The summed E-state index contributed by atoms with van der Waals surface area (Å²) < 4.78 is 0. The van der Waals surface area contributed by atoms with Gasteiger partial charge < -0.3 is 10.4 Å². The van der Waals surface area contributed by atoms with E-state index in [-0.39, 0.29) is 0 Å². The molecule has 4 nitrogen and oxygen atoms in total. The summed E-state index contributed by atoms with van der Waals surface area (Å²) in [5.74, 6) is 0. The molecule has 1 aromatic carbocycles. The molecule has 0 bridgehead atoms. The largest absolute Gasteiger partial charge is 0.411 e. The highest BCUT2D eigenvalue weighted by Crippen LogP contribution is 2.31. The Balaban J connectivity index is 2.19. The standard InChI is InChI=1S/C12H12N2O2/c15-13-11-3-1-7-5-8-2-4-12(14-16)10(8)6-9(7)11/h5-6,15-16H,1-4H2/b13-11-,14-12+. The summed E-state index contributed by atoms with van der Waals surface area (Å²) in [7, 11) is 0. The fourth-order valence-corrected chi connectivity index (χ4v) is 2.63. The number of fused-ring (bicyclic) bond motifs is 2. The third-order valence-electron chi connectivity index (χ3n) is 3.45. The van der Waals surface area contributed by atoms with Crippen LogP contribution in [0.4, 0.5) is 0 Å². The molecule has 0 spiro atoms. The van der Waals surface area contributed by atoms with E-state index in [9.17, 15) is 0 Å². The van der Waals surface area contributed by atoms with E-state index in [1.807, 2.05) is 6.07 Å². The predicted molar refractivity (Wildman–Crippen MR) is 59.7 cm³/mol. The van der Waals surface area contributed by atoms with Gasteiger partial charge in [0.15, 0.2) is 0 Å². The van der Waals surface area contributed by atoms with Crippen LogP contribution in [0.1, 0.15) is 35.1 Å². The molecule has 0 saturated carbocycles. The first kappa shape index (κ1) is 9.39. The van der Waals surface area contributed by atoms with Crippen LogP contribution in [0.5, 0.6) is 0 Å². The predicted octanol–water partition coefficient (Wildman–Crippen LogP) is 1.94. The molecular formula is C12H12N2O2. The van der Waals surface area contributed by atoms with Crippen molar-refractivity contribution in [3.8, 4) is 0 Å². The molecule has 0 atom stereocenters. The van der Waals surface area contributed by atoms with Crippen molar-refractivity contribution >= 4 is 11.4 Å². The molecule has 0 heterocycles. The molecule has 0 amide bonds. The molecule has 0 saturated heterocycles. The summed E-state index contributed by atoms with van der Waals surface area (Å²) >= 11 is 0. The van der Waals surface area contributed by atoms with Crippen LogP contribution >= 0.6 is 0 Å². The minimum Gasteiger partial charge on any atom is -0.411 e. The Bertz CT molecular complexity index is 475. The van der Waals surface area contributed by atoms with Gasteiger partial charge in [-0.3, -0.25) is 0 Å². The second-order valence-corrected chi connectivity index (χ2v) is 4.26. The van der Waals surface area contributed by atoms with Gasteiger partial charge in [-0.15, -0.1) is 0 Å². The van der Waals surface area contributed by atoms with Crippen molar-refractivity contribution in [1.29, 1.82) is 0 Å². The Kier molecular flexibility index (Phi) is 1.96. The van der Waals surface area contributed by atoms with Crippen molar-refractivity contribution in [3.05, 3.63) is 34.4 Å². The molecule has 0 radical (unpaired) electrons. The second kappa shape index (κ2) is 3.33. The van der Waals surface area contributed by atoms with E-state index < -0.39 is 0 Å². The molecule has 2 aliphatic rings.